The number of esters is 1. The molecule has 2 atom stereocenters. The molecule has 1 saturated heterocycles. The van der Waals surface area contributed by atoms with Crippen molar-refractivity contribution < 1.29 is 14.3 Å². The van der Waals surface area contributed by atoms with Gasteiger partial charge in [-0.2, -0.15) is 0 Å². The fraction of sp³-hybridized carbons (Fsp3) is 0.833. The van der Waals surface area contributed by atoms with Crippen LogP contribution in [0.15, 0.2) is 0 Å². The maximum Gasteiger partial charge on any atom is 0.325 e. The molecule has 2 amide bonds. The minimum Gasteiger partial charge on any atom is -0.465 e. The van der Waals surface area contributed by atoms with Gasteiger partial charge in [0.1, 0.15) is 6.54 Å². The Labute approximate surface area is 102 Å². The lowest BCUT2D eigenvalue weighted by Gasteiger charge is -2.38. The molecule has 0 aliphatic carbocycles. The second-order valence-corrected chi connectivity index (χ2v) is 4.50. The van der Waals surface area contributed by atoms with Crippen LogP contribution in [0.25, 0.3) is 0 Å². The minimum atomic E-state index is -0.391. The molecule has 0 aromatic heterocycles. The predicted octanol–water partition coefficient (Wildman–Crippen LogP) is 1.52. The molecule has 0 spiro atoms. The van der Waals surface area contributed by atoms with Gasteiger partial charge in [0.15, 0.2) is 0 Å². The first-order valence-electron chi connectivity index (χ1n) is 6.28. The van der Waals surface area contributed by atoms with E-state index in [1.165, 1.54) is 0 Å². The summed E-state index contributed by atoms with van der Waals surface area (Å²) in [6, 6.07) is 0.305. The number of rotatable bonds is 3. The lowest BCUT2D eigenvalue weighted by molar-refractivity contribution is -0.141. The van der Waals surface area contributed by atoms with Crippen molar-refractivity contribution in [2.75, 3.05) is 13.2 Å². The van der Waals surface area contributed by atoms with Gasteiger partial charge in [0, 0.05) is 12.1 Å². The molecule has 0 unspecified atom stereocenters. The summed E-state index contributed by atoms with van der Waals surface area (Å²) in [5.41, 5.74) is 0. The number of hydrogen-bond acceptors (Lipinski definition) is 3. The Hall–Kier alpha value is -1.26. The Kier molecular flexibility index (Phi) is 5.25. The summed E-state index contributed by atoms with van der Waals surface area (Å²) in [7, 11) is 0. The first-order valence-corrected chi connectivity index (χ1v) is 6.28. The van der Waals surface area contributed by atoms with Gasteiger partial charge >= 0.3 is 12.0 Å². The van der Waals surface area contributed by atoms with E-state index in [1.54, 1.807) is 6.92 Å². The number of carbonyl (C=O) groups excluding carboxylic acids is 2. The number of nitrogens with zero attached hydrogens (tertiary/aromatic N) is 1. The Morgan fingerprint density at radius 2 is 1.88 bits per heavy atom. The molecular weight excluding hydrogens is 220 g/mol. The monoisotopic (exact) mass is 242 g/mol. The molecule has 1 aliphatic heterocycles. The van der Waals surface area contributed by atoms with Gasteiger partial charge < -0.3 is 15.0 Å². The average molecular weight is 242 g/mol. The zero-order valence-electron chi connectivity index (χ0n) is 10.9. The van der Waals surface area contributed by atoms with Crippen molar-refractivity contribution in [3.63, 3.8) is 0 Å². The summed E-state index contributed by atoms with van der Waals surface area (Å²) < 4.78 is 4.76. The zero-order valence-corrected chi connectivity index (χ0v) is 10.9. The molecule has 0 bridgehead atoms. The van der Waals surface area contributed by atoms with Gasteiger partial charge in [-0.1, -0.05) is 0 Å². The number of urea groups is 1. The number of ether oxygens (including phenoxy) is 1. The molecule has 0 saturated carbocycles. The van der Waals surface area contributed by atoms with E-state index in [4.69, 9.17) is 4.74 Å². The molecule has 5 nitrogen and oxygen atoms in total. The van der Waals surface area contributed by atoms with Crippen molar-refractivity contribution in [2.45, 2.75) is 52.1 Å². The van der Waals surface area contributed by atoms with Crippen molar-refractivity contribution in [2.24, 2.45) is 0 Å². The largest absolute Gasteiger partial charge is 0.465 e. The van der Waals surface area contributed by atoms with E-state index in [2.05, 4.69) is 5.32 Å². The van der Waals surface area contributed by atoms with Gasteiger partial charge in [-0.05, 0) is 40.0 Å². The highest BCUT2D eigenvalue weighted by atomic mass is 16.5. The standard InChI is InChI=1S/C12H22N2O3/c1-4-17-11(15)8-13-12(16)14-9(2)6-5-7-10(14)3/h9-10H,4-8H2,1-3H3,(H,13,16)/t9-,10+. The summed E-state index contributed by atoms with van der Waals surface area (Å²) in [5, 5.41) is 2.61. The molecule has 1 aliphatic rings. The minimum absolute atomic E-state index is 0.0530. The van der Waals surface area contributed by atoms with Crippen molar-refractivity contribution in [1.29, 1.82) is 0 Å². The van der Waals surface area contributed by atoms with Gasteiger partial charge in [0.2, 0.25) is 0 Å². The van der Waals surface area contributed by atoms with Crippen molar-refractivity contribution in [1.82, 2.24) is 10.2 Å². The number of carbonyl (C=O) groups is 2. The quantitative estimate of drug-likeness (QED) is 0.763. The number of nitrogens with one attached hydrogen (secondary N) is 1. The van der Waals surface area contributed by atoms with Gasteiger partial charge in [0.25, 0.3) is 0 Å². The van der Waals surface area contributed by atoms with Crippen LogP contribution in [0.3, 0.4) is 0 Å². The van der Waals surface area contributed by atoms with Crippen LogP contribution < -0.4 is 5.32 Å². The van der Waals surface area contributed by atoms with E-state index >= 15 is 0 Å². The summed E-state index contributed by atoms with van der Waals surface area (Å²) in [5.74, 6) is -0.391. The van der Waals surface area contributed by atoms with Crippen LogP contribution in [0.5, 0.6) is 0 Å². The van der Waals surface area contributed by atoms with Crippen LogP contribution in [-0.2, 0) is 9.53 Å². The molecular formula is C12H22N2O3. The maximum absolute atomic E-state index is 11.9. The molecule has 0 aromatic carbocycles. The second kappa shape index (κ2) is 6.47. The Bertz CT molecular complexity index is 271. The number of likely N-dealkylation sites (tertiary alicyclic amines) is 1. The lowest BCUT2D eigenvalue weighted by Crippen LogP contribution is -2.52. The van der Waals surface area contributed by atoms with Crippen LogP contribution in [0, 0.1) is 0 Å². The third-order valence-corrected chi connectivity index (χ3v) is 3.12. The highest BCUT2D eigenvalue weighted by Gasteiger charge is 2.28. The second-order valence-electron chi connectivity index (χ2n) is 4.50. The van der Waals surface area contributed by atoms with Gasteiger partial charge in [-0.3, -0.25) is 4.79 Å². The summed E-state index contributed by atoms with van der Waals surface area (Å²) in [6.07, 6.45) is 3.21. The molecule has 5 heteroatoms. The molecule has 1 rings (SSSR count). The maximum atomic E-state index is 11.9. The van der Waals surface area contributed by atoms with Crippen LogP contribution in [0.1, 0.15) is 40.0 Å². The number of amides is 2. The molecule has 1 fully saturated rings. The van der Waals surface area contributed by atoms with E-state index in [1.807, 2.05) is 18.7 Å². The molecule has 0 aromatic rings. The molecule has 1 heterocycles. The number of hydrogen-bond donors (Lipinski definition) is 1. The Morgan fingerprint density at radius 1 is 1.29 bits per heavy atom. The molecule has 17 heavy (non-hydrogen) atoms. The molecule has 0 radical (unpaired) electrons. The SMILES string of the molecule is CCOC(=O)CNC(=O)N1[C@H](C)CCC[C@@H]1C. The first-order chi connectivity index (χ1) is 8.06. The van der Waals surface area contributed by atoms with Crippen molar-refractivity contribution >= 4 is 12.0 Å². The van der Waals surface area contributed by atoms with Crippen LogP contribution >= 0.6 is 0 Å². The van der Waals surface area contributed by atoms with E-state index in [9.17, 15) is 9.59 Å². The van der Waals surface area contributed by atoms with E-state index in [0.717, 1.165) is 19.3 Å². The summed E-state index contributed by atoms with van der Waals surface area (Å²) in [4.78, 5) is 24.9. The summed E-state index contributed by atoms with van der Waals surface area (Å²) in [6.45, 7) is 6.11. The lowest BCUT2D eigenvalue weighted by atomic mass is 9.98. The van der Waals surface area contributed by atoms with Gasteiger partial charge in [0.05, 0.1) is 6.61 Å². The Balaban J connectivity index is 2.42. The highest BCUT2D eigenvalue weighted by molar-refractivity contribution is 5.81. The van der Waals surface area contributed by atoms with Gasteiger partial charge in [-0.25, -0.2) is 4.79 Å². The average Bonchev–Trinajstić information content (AvgIpc) is 2.26. The predicted molar refractivity (Wildman–Crippen MR) is 64.6 cm³/mol. The number of piperidine rings is 1. The van der Waals surface area contributed by atoms with E-state index < -0.39 is 5.97 Å². The fourth-order valence-electron chi connectivity index (χ4n) is 2.27. The van der Waals surface area contributed by atoms with Crippen molar-refractivity contribution in [3.8, 4) is 0 Å². The summed E-state index contributed by atoms with van der Waals surface area (Å²) >= 11 is 0. The van der Waals surface area contributed by atoms with E-state index in [0.29, 0.717) is 6.61 Å². The zero-order chi connectivity index (χ0) is 12.8. The van der Waals surface area contributed by atoms with E-state index in [-0.39, 0.29) is 24.7 Å². The normalized spacial score (nSPS) is 24.3. The fourth-order valence-corrected chi connectivity index (χ4v) is 2.27. The van der Waals surface area contributed by atoms with Crippen molar-refractivity contribution in [3.05, 3.63) is 0 Å². The van der Waals surface area contributed by atoms with Crippen LogP contribution in [0.4, 0.5) is 4.79 Å². The third kappa shape index (κ3) is 3.91. The van der Waals surface area contributed by atoms with Crippen LogP contribution in [-0.4, -0.2) is 42.1 Å². The highest BCUT2D eigenvalue weighted by Crippen LogP contribution is 2.22. The topological polar surface area (TPSA) is 58.6 Å². The third-order valence-electron chi connectivity index (χ3n) is 3.12. The first kappa shape index (κ1) is 13.8. The smallest absolute Gasteiger partial charge is 0.325 e. The molecule has 98 valence electrons. The Morgan fingerprint density at radius 3 is 2.41 bits per heavy atom. The van der Waals surface area contributed by atoms with Gasteiger partial charge in [-0.15, -0.1) is 0 Å². The van der Waals surface area contributed by atoms with Crippen LogP contribution in [0.2, 0.25) is 0 Å². The molecule has 1 N–H and O–H groups in total.